The Kier molecular flexibility index (Phi) is 5.09. The van der Waals surface area contributed by atoms with Crippen molar-refractivity contribution in [1.82, 2.24) is 0 Å². The molecular weight excluding hydrogens is 326 g/mol. The zero-order valence-electron chi connectivity index (χ0n) is 10.8. The molecule has 0 amide bonds. The second kappa shape index (κ2) is 7.02. The van der Waals surface area contributed by atoms with Gasteiger partial charge in [-0.25, -0.2) is 8.78 Å². The zero-order valence-corrected chi connectivity index (χ0v) is 12.5. The summed E-state index contributed by atoms with van der Waals surface area (Å²) in [5.74, 6) is -1.97. The van der Waals surface area contributed by atoms with Gasteiger partial charge >= 0.3 is 0 Å². The van der Waals surface area contributed by atoms with E-state index in [1.54, 1.807) is 0 Å². The summed E-state index contributed by atoms with van der Waals surface area (Å²) in [4.78, 5) is 19.3. The average molecular weight is 332 g/mol. The maximum Gasteiger partial charge on any atom is 0.193 e. The van der Waals surface area contributed by atoms with E-state index in [1.807, 2.05) is 10.3 Å². The molecule has 2 aromatic rings. The zero-order chi connectivity index (χ0) is 16.1. The Labute approximate surface area is 135 Å². The molecule has 2 aromatic carbocycles. The lowest BCUT2D eigenvalue weighted by molar-refractivity contribution is 0.103. The first-order valence-corrected chi connectivity index (χ1v) is 6.68. The maximum absolute atomic E-state index is 13.7. The van der Waals surface area contributed by atoms with Gasteiger partial charge < -0.3 is 0 Å². The standard InChI is InChI=1S/C15H6F2N2OS2/c16-11-5-9(1-3-13(11)18-7-21)15(20)10-2-4-14(19-8-22)12(17)6-10/h1-6H. The lowest BCUT2D eigenvalue weighted by Crippen LogP contribution is -2.02. The highest BCUT2D eigenvalue weighted by Gasteiger charge is 2.14. The van der Waals surface area contributed by atoms with Crippen LogP contribution in [0.25, 0.3) is 0 Å². The Hall–Kier alpha value is -2.43. The summed E-state index contributed by atoms with van der Waals surface area (Å²) < 4.78 is 27.4. The van der Waals surface area contributed by atoms with Gasteiger partial charge in [0.1, 0.15) is 23.0 Å². The molecule has 0 N–H and O–H groups in total. The number of hydrogen-bond acceptors (Lipinski definition) is 5. The first-order valence-electron chi connectivity index (χ1n) is 5.86. The predicted octanol–water partition coefficient (Wildman–Crippen LogP) is 4.66. The van der Waals surface area contributed by atoms with Crippen molar-refractivity contribution in [3.8, 4) is 0 Å². The van der Waals surface area contributed by atoms with Gasteiger partial charge in [-0.05, 0) is 60.8 Å². The SMILES string of the molecule is O=C(c1ccc(N=C=S)c(F)c1)c1ccc(N=C=S)c(F)c1. The van der Waals surface area contributed by atoms with E-state index in [4.69, 9.17) is 0 Å². The molecule has 7 heteroatoms. The van der Waals surface area contributed by atoms with Crippen LogP contribution in [0.1, 0.15) is 15.9 Å². The van der Waals surface area contributed by atoms with Crippen molar-refractivity contribution >= 4 is 51.9 Å². The summed E-state index contributed by atoms with van der Waals surface area (Å²) in [6.45, 7) is 0. The molecule has 0 fully saturated rings. The van der Waals surface area contributed by atoms with Gasteiger partial charge in [-0.1, -0.05) is 0 Å². The van der Waals surface area contributed by atoms with Crippen molar-refractivity contribution in [1.29, 1.82) is 0 Å². The van der Waals surface area contributed by atoms with E-state index >= 15 is 0 Å². The minimum atomic E-state index is -0.717. The van der Waals surface area contributed by atoms with Crippen LogP contribution in [0.4, 0.5) is 20.2 Å². The molecule has 0 unspecified atom stereocenters. The largest absolute Gasteiger partial charge is 0.289 e. The first kappa shape index (κ1) is 15.9. The van der Waals surface area contributed by atoms with E-state index in [2.05, 4.69) is 34.4 Å². The maximum atomic E-state index is 13.7. The molecule has 0 heterocycles. The van der Waals surface area contributed by atoms with E-state index in [9.17, 15) is 13.6 Å². The molecule has 0 bridgehead atoms. The van der Waals surface area contributed by atoms with E-state index in [1.165, 1.54) is 24.3 Å². The Balaban J connectivity index is 2.40. The number of hydrogen-bond donors (Lipinski definition) is 0. The third-order valence-corrected chi connectivity index (χ3v) is 2.93. The topological polar surface area (TPSA) is 41.8 Å². The minimum Gasteiger partial charge on any atom is -0.289 e. The number of rotatable bonds is 4. The van der Waals surface area contributed by atoms with Gasteiger partial charge in [0, 0.05) is 11.1 Å². The number of carbonyl (C=O) groups is 1. The molecule has 0 aliphatic rings. The average Bonchev–Trinajstić information content (AvgIpc) is 2.51. The summed E-state index contributed by atoms with van der Waals surface area (Å²) in [6.07, 6.45) is 0. The van der Waals surface area contributed by atoms with Crippen molar-refractivity contribution in [2.45, 2.75) is 0 Å². The summed E-state index contributed by atoms with van der Waals surface area (Å²) >= 11 is 8.78. The van der Waals surface area contributed by atoms with Crippen LogP contribution in [0.5, 0.6) is 0 Å². The van der Waals surface area contributed by atoms with Gasteiger partial charge in [0.2, 0.25) is 0 Å². The van der Waals surface area contributed by atoms with Crippen molar-refractivity contribution < 1.29 is 13.6 Å². The van der Waals surface area contributed by atoms with Crippen LogP contribution < -0.4 is 0 Å². The molecule has 0 radical (unpaired) electrons. The van der Waals surface area contributed by atoms with Gasteiger partial charge in [-0.3, -0.25) is 4.79 Å². The summed E-state index contributed by atoms with van der Waals surface area (Å²) in [5, 5.41) is 4.08. The molecular formula is C15H6F2N2OS2. The Morgan fingerprint density at radius 2 is 1.27 bits per heavy atom. The monoisotopic (exact) mass is 332 g/mol. The van der Waals surface area contributed by atoms with Crippen molar-refractivity contribution in [2.75, 3.05) is 0 Å². The molecule has 0 aromatic heterocycles. The van der Waals surface area contributed by atoms with Crippen molar-refractivity contribution in [2.24, 2.45) is 9.98 Å². The molecule has 0 saturated heterocycles. The Morgan fingerprint density at radius 1 is 0.864 bits per heavy atom. The normalized spacial score (nSPS) is 9.55. The van der Waals surface area contributed by atoms with Gasteiger partial charge in [0.05, 0.1) is 10.3 Å². The summed E-state index contributed by atoms with van der Waals surface area (Å²) in [7, 11) is 0. The number of halogens is 2. The molecule has 0 saturated carbocycles. The highest BCUT2D eigenvalue weighted by molar-refractivity contribution is 7.78. The molecule has 0 aliphatic heterocycles. The number of benzene rings is 2. The fourth-order valence-electron chi connectivity index (χ4n) is 1.74. The number of ketones is 1. The summed E-state index contributed by atoms with van der Waals surface area (Å²) in [5.41, 5.74) is 0.0735. The number of nitrogens with zero attached hydrogens (tertiary/aromatic N) is 2. The molecule has 108 valence electrons. The van der Waals surface area contributed by atoms with Gasteiger partial charge in [-0.15, -0.1) is 0 Å². The van der Waals surface area contributed by atoms with Crippen LogP contribution in [0, 0.1) is 11.6 Å². The van der Waals surface area contributed by atoms with Crippen LogP contribution >= 0.6 is 24.4 Å². The lowest BCUT2D eigenvalue weighted by Gasteiger charge is -2.04. The van der Waals surface area contributed by atoms with Crippen LogP contribution in [0.2, 0.25) is 0 Å². The molecule has 22 heavy (non-hydrogen) atoms. The van der Waals surface area contributed by atoms with Gasteiger partial charge in [0.25, 0.3) is 0 Å². The van der Waals surface area contributed by atoms with Gasteiger partial charge in [-0.2, -0.15) is 9.98 Å². The van der Waals surface area contributed by atoms with E-state index in [0.717, 1.165) is 12.1 Å². The minimum absolute atomic E-state index is 0.0246. The van der Waals surface area contributed by atoms with Crippen LogP contribution in [-0.4, -0.2) is 16.1 Å². The number of isothiocyanates is 2. The molecule has 0 spiro atoms. The van der Waals surface area contributed by atoms with Crippen LogP contribution in [0.15, 0.2) is 46.4 Å². The number of thiocarbonyl (C=S) groups is 2. The quantitative estimate of drug-likeness (QED) is 0.464. The predicted molar refractivity (Wildman–Crippen MR) is 85.6 cm³/mol. The number of aliphatic imine (C=N–C) groups is 2. The lowest BCUT2D eigenvalue weighted by atomic mass is 10.0. The highest BCUT2D eigenvalue weighted by atomic mass is 32.1. The smallest absolute Gasteiger partial charge is 0.193 e. The third-order valence-electron chi connectivity index (χ3n) is 2.75. The van der Waals surface area contributed by atoms with Crippen molar-refractivity contribution in [3.05, 3.63) is 59.2 Å². The van der Waals surface area contributed by atoms with Crippen LogP contribution in [-0.2, 0) is 0 Å². The van der Waals surface area contributed by atoms with Crippen molar-refractivity contribution in [3.63, 3.8) is 0 Å². The van der Waals surface area contributed by atoms with E-state index in [-0.39, 0.29) is 22.5 Å². The Bertz CT molecular complexity index is 785. The Morgan fingerprint density at radius 3 is 1.59 bits per heavy atom. The van der Waals surface area contributed by atoms with Crippen LogP contribution in [0.3, 0.4) is 0 Å². The second-order valence-corrected chi connectivity index (χ2v) is 4.43. The van der Waals surface area contributed by atoms with E-state index < -0.39 is 17.4 Å². The summed E-state index contributed by atoms with van der Waals surface area (Å²) in [6, 6.07) is 7.35. The third kappa shape index (κ3) is 3.42. The molecule has 0 atom stereocenters. The molecule has 2 rings (SSSR count). The second-order valence-electron chi connectivity index (χ2n) is 4.07. The number of carbonyl (C=O) groups excluding carboxylic acids is 1. The molecule has 3 nitrogen and oxygen atoms in total. The fourth-order valence-corrected chi connectivity index (χ4v) is 1.94. The molecule has 0 aliphatic carbocycles. The highest BCUT2D eigenvalue weighted by Crippen LogP contribution is 2.23. The first-order chi connectivity index (χ1) is 10.6. The fraction of sp³-hybridized carbons (Fsp3) is 0. The van der Waals surface area contributed by atoms with E-state index in [0.29, 0.717) is 0 Å². The van der Waals surface area contributed by atoms with Gasteiger partial charge in [0.15, 0.2) is 5.78 Å².